The van der Waals surface area contributed by atoms with Crippen LogP contribution in [0.1, 0.15) is 36.2 Å². The fraction of sp³-hybridized carbons (Fsp3) is 0.355. The number of carbonyl (C=O) groups is 1. The number of rotatable bonds is 11. The lowest BCUT2D eigenvalue weighted by Gasteiger charge is -2.30. The van der Waals surface area contributed by atoms with Crippen molar-refractivity contribution in [3.05, 3.63) is 82.6 Å². The van der Waals surface area contributed by atoms with Gasteiger partial charge in [-0.1, -0.05) is 29.8 Å². The summed E-state index contributed by atoms with van der Waals surface area (Å²) in [4.78, 5) is 18.2. The molecule has 2 heterocycles. The molecule has 0 amide bonds. The Morgan fingerprint density at radius 2 is 1.82 bits per heavy atom. The van der Waals surface area contributed by atoms with E-state index in [-0.39, 0.29) is 19.1 Å². The molecule has 0 saturated carbocycles. The van der Waals surface area contributed by atoms with Crippen molar-refractivity contribution >= 4 is 28.6 Å². The molecule has 1 N–H and O–H groups in total. The van der Waals surface area contributed by atoms with Gasteiger partial charge >= 0.3 is 5.97 Å². The van der Waals surface area contributed by atoms with E-state index in [1.165, 1.54) is 0 Å². The van der Waals surface area contributed by atoms with E-state index in [4.69, 9.17) is 35.9 Å². The standard InChI is InChI=1S/C31H34ClN3O5/c1-34-15-3-4-26(18-34)40-25-12-13-27-28(16-25)35(2)30(33-27)20-38-24-11-7-22(8-14-31(36)37)29(17-24)39-19-21-5-9-23(32)10-6-21/h5-7,9-13,16-17,26H,3-4,8,14-15,18-20H2,1-2H3,(H,36,37). The van der Waals surface area contributed by atoms with Crippen LogP contribution in [0.15, 0.2) is 60.7 Å². The number of fused-ring (bicyclic) bond motifs is 1. The van der Waals surface area contributed by atoms with Crippen LogP contribution in [0.3, 0.4) is 0 Å². The number of imidazole rings is 1. The average molecular weight is 564 g/mol. The highest BCUT2D eigenvalue weighted by Gasteiger charge is 2.19. The SMILES string of the molecule is CN1CCCC(Oc2ccc3nc(COc4ccc(CCC(=O)O)c(OCc5ccc(Cl)cc5)c4)n(C)c3c2)C1. The van der Waals surface area contributed by atoms with Gasteiger partial charge in [0.25, 0.3) is 0 Å². The Morgan fingerprint density at radius 3 is 2.60 bits per heavy atom. The highest BCUT2D eigenvalue weighted by molar-refractivity contribution is 6.30. The topological polar surface area (TPSA) is 86.1 Å². The number of hydrogen-bond donors (Lipinski definition) is 1. The molecule has 40 heavy (non-hydrogen) atoms. The van der Waals surface area contributed by atoms with E-state index in [1.807, 2.05) is 72.3 Å². The monoisotopic (exact) mass is 563 g/mol. The van der Waals surface area contributed by atoms with E-state index in [0.29, 0.717) is 29.5 Å². The second-order valence-electron chi connectivity index (χ2n) is 10.2. The summed E-state index contributed by atoms with van der Waals surface area (Å²) in [6, 6.07) is 18.9. The largest absolute Gasteiger partial charge is 0.489 e. The summed E-state index contributed by atoms with van der Waals surface area (Å²) in [5.41, 5.74) is 3.63. The molecule has 0 bridgehead atoms. The smallest absolute Gasteiger partial charge is 0.303 e. The Hall–Kier alpha value is -3.75. The number of aromatic nitrogens is 2. The predicted octanol–water partition coefficient (Wildman–Crippen LogP) is 5.87. The first-order valence-corrected chi connectivity index (χ1v) is 13.9. The van der Waals surface area contributed by atoms with Gasteiger partial charge in [-0.15, -0.1) is 0 Å². The Labute approximate surface area is 239 Å². The Morgan fingerprint density at radius 1 is 1.02 bits per heavy atom. The molecule has 1 aliphatic rings. The number of ether oxygens (including phenoxy) is 3. The van der Waals surface area contributed by atoms with Crippen LogP contribution in [0.4, 0.5) is 0 Å². The third-order valence-corrected chi connectivity index (χ3v) is 7.40. The molecule has 1 unspecified atom stereocenters. The molecule has 210 valence electrons. The van der Waals surface area contributed by atoms with Gasteiger partial charge in [0, 0.05) is 37.2 Å². The van der Waals surface area contributed by atoms with Crippen LogP contribution in [-0.4, -0.2) is 51.8 Å². The van der Waals surface area contributed by atoms with Crippen LogP contribution >= 0.6 is 11.6 Å². The van der Waals surface area contributed by atoms with Crippen molar-refractivity contribution < 1.29 is 24.1 Å². The van der Waals surface area contributed by atoms with Gasteiger partial charge in [0.15, 0.2) is 0 Å². The van der Waals surface area contributed by atoms with Crippen molar-refractivity contribution in [1.29, 1.82) is 0 Å². The minimum atomic E-state index is -0.856. The molecule has 0 spiro atoms. The van der Waals surface area contributed by atoms with Crippen LogP contribution in [0, 0.1) is 0 Å². The molecule has 0 radical (unpaired) electrons. The van der Waals surface area contributed by atoms with Crippen LogP contribution in [-0.2, 0) is 31.5 Å². The first-order valence-electron chi connectivity index (χ1n) is 13.5. The lowest BCUT2D eigenvalue weighted by Crippen LogP contribution is -2.38. The molecule has 3 aromatic carbocycles. The van der Waals surface area contributed by atoms with E-state index in [0.717, 1.165) is 59.7 Å². The molecule has 1 fully saturated rings. The molecule has 1 saturated heterocycles. The number of likely N-dealkylation sites (N-methyl/N-ethyl adjacent to an activating group) is 1. The summed E-state index contributed by atoms with van der Waals surface area (Å²) in [7, 11) is 4.10. The third-order valence-electron chi connectivity index (χ3n) is 7.15. The van der Waals surface area contributed by atoms with E-state index >= 15 is 0 Å². The van der Waals surface area contributed by atoms with Gasteiger partial charge in [-0.2, -0.15) is 0 Å². The van der Waals surface area contributed by atoms with Gasteiger partial charge in [0.2, 0.25) is 0 Å². The second-order valence-corrected chi connectivity index (χ2v) is 10.7. The van der Waals surface area contributed by atoms with Crippen molar-refractivity contribution in [2.75, 3.05) is 20.1 Å². The molecule has 1 atom stereocenters. The maximum Gasteiger partial charge on any atom is 0.303 e. The summed E-state index contributed by atoms with van der Waals surface area (Å²) in [5.74, 6) is 1.98. The van der Waals surface area contributed by atoms with Gasteiger partial charge in [-0.25, -0.2) is 4.98 Å². The number of benzene rings is 3. The summed E-state index contributed by atoms with van der Waals surface area (Å²) in [6.07, 6.45) is 2.78. The lowest BCUT2D eigenvalue weighted by atomic mass is 10.1. The number of likely N-dealkylation sites (tertiary alicyclic amines) is 1. The molecule has 5 rings (SSSR count). The van der Waals surface area contributed by atoms with Gasteiger partial charge in [-0.3, -0.25) is 4.79 Å². The Bertz CT molecular complexity index is 1470. The first-order chi connectivity index (χ1) is 19.3. The molecule has 1 aromatic heterocycles. The number of halogens is 1. The summed E-state index contributed by atoms with van der Waals surface area (Å²) in [5, 5.41) is 9.82. The maximum absolute atomic E-state index is 11.2. The number of carboxylic acids is 1. The third kappa shape index (κ3) is 7.06. The van der Waals surface area contributed by atoms with E-state index < -0.39 is 5.97 Å². The van der Waals surface area contributed by atoms with Crippen LogP contribution in [0.2, 0.25) is 5.02 Å². The van der Waals surface area contributed by atoms with Crippen molar-refractivity contribution in [2.45, 2.75) is 45.0 Å². The van der Waals surface area contributed by atoms with Crippen molar-refractivity contribution in [1.82, 2.24) is 14.5 Å². The van der Waals surface area contributed by atoms with Gasteiger partial charge in [-0.05, 0) is 74.3 Å². The zero-order chi connectivity index (χ0) is 28.1. The van der Waals surface area contributed by atoms with Gasteiger partial charge < -0.3 is 28.8 Å². The summed E-state index contributed by atoms with van der Waals surface area (Å²) < 4.78 is 20.5. The lowest BCUT2D eigenvalue weighted by molar-refractivity contribution is -0.136. The fourth-order valence-corrected chi connectivity index (χ4v) is 5.05. The minimum Gasteiger partial charge on any atom is -0.489 e. The number of carboxylic acid groups (broad SMARTS) is 1. The van der Waals surface area contributed by atoms with E-state index in [1.54, 1.807) is 0 Å². The molecule has 1 aliphatic heterocycles. The molecule has 9 heteroatoms. The summed E-state index contributed by atoms with van der Waals surface area (Å²) in [6.45, 7) is 2.64. The zero-order valence-electron chi connectivity index (χ0n) is 22.8. The zero-order valence-corrected chi connectivity index (χ0v) is 23.6. The Kier molecular flexibility index (Phi) is 8.77. The number of hydrogen-bond acceptors (Lipinski definition) is 6. The maximum atomic E-state index is 11.2. The van der Waals surface area contributed by atoms with E-state index in [9.17, 15) is 4.79 Å². The van der Waals surface area contributed by atoms with Crippen molar-refractivity contribution in [3.63, 3.8) is 0 Å². The van der Waals surface area contributed by atoms with E-state index in [2.05, 4.69) is 11.9 Å². The highest BCUT2D eigenvalue weighted by atomic mass is 35.5. The van der Waals surface area contributed by atoms with Crippen LogP contribution < -0.4 is 14.2 Å². The normalized spacial score (nSPS) is 15.7. The van der Waals surface area contributed by atoms with Crippen molar-refractivity contribution in [3.8, 4) is 17.2 Å². The van der Waals surface area contributed by atoms with Crippen LogP contribution in [0.25, 0.3) is 11.0 Å². The second kappa shape index (κ2) is 12.6. The molecule has 4 aromatic rings. The fourth-order valence-electron chi connectivity index (χ4n) is 4.93. The predicted molar refractivity (Wildman–Crippen MR) is 154 cm³/mol. The van der Waals surface area contributed by atoms with Crippen molar-refractivity contribution in [2.24, 2.45) is 7.05 Å². The van der Waals surface area contributed by atoms with Gasteiger partial charge in [0.1, 0.15) is 42.4 Å². The number of piperidine rings is 1. The van der Waals surface area contributed by atoms with Gasteiger partial charge in [0.05, 0.1) is 11.0 Å². The first kappa shape index (κ1) is 27.8. The number of aryl methyl sites for hydroxylation is 2. The average Bonchev–Trinajstić information content (AvgIpc) is 3.25. The summed E-state index contributed by atoms with van der Waals surface area (Å²) >= 11 is 5.99. The molecular formula is C31H34ClN3O5. The minimum absolute atomic E-state index is 0.0144. The quantitative estimate of drug-likeness (QED) is 0.244. The Balaban J connectivity index is 1.28. The molecule has 8 nitrogen and oxygen atoms in total. The molecular weight excluding hydrogens is 530 g/mol. The highest BCUT2D eigenvalue weighted by Crippen LogP contribution is 2.29. The number of aliphatic carboxylic acids is 1. The van der Waals surface area contributed by atoms with Crippen LogP contribution in [0.5, 0.6) is 17.2 Å². The number of nitrogens with zero attached hydrogens (tertiary/aromatic N) is 3. The molecule has 0 aliphatic carbocycles.